The number of hydrogen-bond donors (Lipinski definition) is 1. The van der Waals surface area contributed by atoms with Crippen LogP contribution < -0.4 is 5.73 Å². The van der Waals surface area contributed by atoms with Crippen molar-refractivity contribution in [3.8, 4) is 11.3 Å². The van der Waals surface area contributed by atoms with Gasteiger partial charge in [-0.1, -0.05) is 0 Å². The van der Waals surface area contributed by atoms with Crippen molar-refractivity contribution in [1.82, 2.24) is 9.97 Å². The first kappa shape index (κ1) is 9.78. The molecule has 0 amide bonds. The Morgan fingerprint density at radius 3 is 2.81 bits per heavy atom. The van der Waals surface area contributed by atoms with Crippen LogP contribution in [0.1, 0.15) is 29.5 Å². The van der Waals surface area contributed by atoms with Crippen LogP contribution in [-0.2, 0) is 0 Å². The minimum Gasteiger partial charge on any atom is -0.389 e. The fraction of sp³-hybridized carbons (Fsp3) is 0.333. The third-order valence-electron chi connectivity index (χ3n) is 2.78. The van der Waals surface area contributed by atoms with Gasteiger partial charge in [0.05, 0.1) is 5.01 Å². The number of nitrogen functional groups attached to an aromatic ring is 1. The molecule has 0 unspecified atom stereocenters. The van der Waals surface area contributed by atoms with Crippen LogP contribution in [-0.4, -0.2) is 9.97 Å². The van der Waals surface area contributed by atoms with Gasteiger partial charge in [-0.3, -0.25) is 4.98 Å². The second-order valence-corrected chi connectivity index (χ2v) is 5.29. The molecule has 4 heteroatoms. The predicted molar refractivity (Wildman–Crippen MR) is 66.5 cm³/mol. The normalized spacial score (nSPS) is 15.3. The van der Waals surface area contributed by atoms with E-state index in [1.807, 2.05) is 25.3 Å². The molecule has 2 aromatic heterocycles. The van der Waals surface area contributed by atoms with Gasteiger partial charge in [-0.25, -0.2) is 4.98 Å². The number of pyridine rings is 1. The molecular weight excluding hydrogens is 218 g/mol. The van der Waals surface area contributed by atoms with Gasteiger partial charge in [-0.15, -0.1) is 11.3 Å². The molecule has 82 valence electrons. The van der Waals surface area contributed by atoms with E-state index in [1.165, 1.54) is 17.8 Å². The highest BCUT2D eigenvalue weighted by Crippen LogP contribution is 2.44. The van der Waals surface area contributed by atoms with E-state index < -0.39 is 0 Å². The summed E-state index contributed by atoms with van der Waals surface area (Å²) in [6, 6.07) is 4.02. The first-order valence-electron chi connectivity index (χ1n) is 5.43. The number of nitrogens with zero attached hydrogens (tertiary/aromatic N) is 2. The predicted octanol–water partition coefficient (Wildman–Crippen LogP) is 2.97. The highest BCUT2D eigenvalue weighted by Gasteiger charge is 2.28. The van der Waals surface area contributed by atoms with Crippen LogP contribution in [0.4, 0.5) is 5.00 Å². The lowest BCUT2D eigenvalue weighted by atomic mass is 10.2. The summed E-state index contributed by atoms with van der Waals surface area (Å²) < 4.78 is 0. The maximum absolute atomic E-state index is 6.01. The summed E-state index contributed by atoms with van der Waals surface area (Å²) in [5.41, 5.74) is 8.94. The third kappa shape index (κ3) is 1.69. The van der Waals surface area contributed by atoms with E-state index in [2.05, 4.69) is 9.97 Å². The van der Waals surface area contributed by atoms with Crippen LogP contribution in [0.5, 0.6) is 0 Å². The van der Waals surface area contributed by atoms with Gasteiger partial charge in [0.25, 0.3) is 0 Å². The minimum atomic E-state index is 0.666. The van der Waals surface area contributed by atoms with Crippen LogP contribution in [0, 0.1) is 6.92 Å². The first-order valence-corrected chi connectivity index (χ1v) is 6.25. The van der Waals surface area contributed by atoms with E-state index in [0.717, 1.165) is 22.0 Å². The van der Waals surface area contributed by atoms with Gasteiger partial charge in [0.15, 0.2) is 0 Å². The fourth-order valence-electron chi connectivity index (χ4n) is 1.67. The number of rotatable bonds is 2. The van der Waals surface area contributed by atoms with Crippen molar-refractivity contribution in [1.29, 1.82) is 0 Å². The van der Waals surface area contributed by atoms with Crippen molar-refractivity contribution in [2.45, 2.75) is 25.7 Å². The summed E-state index contributed by atoms with van der Waals surface area (Å²) in [7, 11) is 0. The lowest BCUT2D eigenvalue weighted by molar-refractivity contribution is 1.08. The minimum absolute atomic E-state index is 0.666. The maximum Gasteiger partial charge on any atom is 0.114 e. The fourth-order valence-corrected chi connectivity index (χ4v) is 2.69. The Morgan fingerprint density at radius 1 is 1.38 bits per heavy atom. The Bertz CT molecular complexity index is 512. The van der Waals surface area contributed by atoms with E-state index in [4.69, 9.17) is 5.73 Å². The third-order valence-corrected chi connectivity index (χ3v) is 3.83. The molecule has 0 saturated heterocycles. The van der Waals surface area contributed by atoms with Gasteiger partial charge in [0.2, 0.25) is 0 Å². The highest BCUT2D eigenvalue weighted by molar-refractivity contribution is 7.16. The zero-order valence-electron chi connectivity index (χ0n) is 9.10. The standard InChI is InChI=1S/C12H13N3S/c1-7-2-3-9(6-14-7)10-11(13)16-12(15-10)8-4-5-8/h2-3,6,8H,4-5,13H2,1H3. The molecule has 1 aliphatic rings. The second kappa shape index (κ2) is 3.56. The van der Waals surface area contributed by atoms with Gasteiger partial charge in [0, 0.05) is 23.4 Å². The molecule has 0 spiro atoms. The molecule has 0 atom stereocenters. The van der Waals surface area contributed by atoms with Gasteiger partial charge in [-0.05, 0) is 31.9 Å². The average molecular weight is 231 g/mol. The van der Waals surface area contributed by atoms with Crippen molar-refractivity contribution in [2.75, 3.05) is 5.73 Å². The lowest BCUT2D eigenvalue weighted by Gasteiger charge is -1.98. The van der Waals surface area contributed by atoms with Gasteiger partial charge in [-0.2, -0.15) is 0 Å². The van der Waals surface area contributed by atoms with Gasteiger partial charge in [0.1, 0.15) is 10.7 Å². The van der Waals surface area contributed by atoms with Crippen molar-refractivity contribution in [3.05, 3.63) is 29.0 Å². The molecule has 1 fully saturated rings. The van der Waals surface area contributed by atoms with Crippen LogP contribution in [0.25, 0.3) is 11.3 Å². The molecule has 16 heavy (non-hydrogen) atoms. The summed E-state index contributed by atoms with van der Waals surface area (Å²) in [4.78, 5) is 8.90. The Kier molecular flexibility index (Phi) is 2.17. The molecule has 0 bridgehead atoms. The summed E-state index contributed by atoms with van der Waals surface area (Å²) >= 11 is 1.62. The molecule has 0 aliphatic heterocycles. The van der Waals surface area contributed by atoms with E-state index in [-0.39, 0.29) is 0 Å². The summed E-state index contributed by atoms with van der Waals surface area (Å²) in [6.45, 7) is 1.98. The Morgan fingerprint density at radius 2 is 2.19 bits per heavy atom. The molecule has 2 heterocycles. The summed E-state index contributed by atoms with van der Waals surface area (Å²) in [5.74, 6) is 0.666. The molecule has 3 nitrogen and oxygen atoms in total. The molecule has 3 rings (SSSR count). The van der Waals surface area contributed by atoms with Crippen LogP contribution in [0.3, 0.4) is 0 Å². The van der Waals surface area contributed by atoms with E-state index >= 15 is 0 Å². The van der Waals surface area contributed by atoms with Crippen molar-refractivity contribution in [3.63, 3.8) is 0 Å². The Balaban J connectivity index is 2.01. The monoisotopic (exact) mass is 231 g/mol. The summed E-state index contributed by atoms with van der Waals surface area (Å²) in [5, 5.41) is 2.00. The van der Waals surface area contributed by atoms with Gasteiger partial charge < -0.3 is 5.73 Å². The zero-order chi connectivity index (χ0) is 11.1. The van der Waals surface area contributed by atoms with E-state index in [9.17, 15) is 0 Å². The molecule has 1 saturated carbocycles. The number of hydrogen-bond acceptors (Lipinski definition) is 4. The smallest absolute Gasteiger partial charge is 0.114 e. The largest absolute Gasteiger partial charge is 0.389 e. The van der Waals surface area contributed by atoms with Crippen molar-refractivity contribution >= 4 is 16.3 Å². The van der Waals surface area contributed by atoms with Crippen LogP contribution in [0.15, 0.2) is 18.3 Å². The number of nitrogens with two attached hydrogens (primary N) is 1. The van der Waals surface area contributed by atoms with Gasteiger partial charge >= 0.3 is 0 Å². The molecule has 1 aliphatic carbocycles. The van der Waals surface area contributed by atoms with E-state index in [0.29, 0.717) is 5.92 Å². The zero-order valence-corrected chi connectivity index (χ0v) is 9.92. The quantitative estimate of drug-likeness (QED) is 0.864. The summed E-state index contributed by atoms with van der Waals surface area (Å²) in [6.07, 6.45) is 4.37. The Labute approximate surface area is 98.4 Å². The maximum atomic E-state index is 6.01. The lowest BCUT2D eigenvalue weighted by Crippen LogP contribution is -1.88. The van der Waals surface area contributed by atoms with E-state index in [1.54, 1.807) is 11.3 Å². The first-order chi connectivity index (χ1) is 7.74. The number of aromatic nitrogens is 2. The highest BCUT2D eigenvalue weighted by atomic mass is 32.1. The number of thiazole rings is 1. The number of aryl methyl sites for hydroxylation is 1. The molecule has 0 radical (unpaired) electrons. The SMILES string of the molecule is Cc1ccc(-c2nc(C3CC3)sc2N)cn1. The molecular formula is C12H13N3S. The molecule has 2 N–H and O–H groups in total. The van der Waals surface area contributed by atoms with Crippen LogP contribution >= 0.6 is 11.3 Å². The second-order valence-electron chi connectivity index (χ2n) is 4.23. The molecule has 2 aromatic rings. The van der Waals surface area contributed by atoms with Crippen molar-refractivity contribution in [2.24, 2.45) is 0 Å². The average Bonchev–Trinajstić information content (AvgIpc) is 3.04. The Hall–Kier alpha value is -1.42. The molecule has 0 aromatic carbocycles. The van der Waals surface area contributed by atoms with Crippen LogP contribution in [0.2, 0.25) is 0 Å². The number of anilines is 1. The topological polar surface area (TPSA) is 51.8 Å². The van der Waals surface area contributed by atoms with Crippen molar-refractivity contribution < 1.29 is 0 Å².